The van der Waals surface area contributed by atoms with Gasteiger partial charge in [-0.15, -0.1) is 11.3 Å². The standard InChI is InChI=1S/C46H27N3OS/c1-3-13-28(14-4-1)41-43-42(36-20-8-10-24-39(36)50-43)48-46(47-41)30-16-11-15-29(27-30)32-21-12-22-33-34-25-26-38-40(45(34)51-44(32)33)35-19-7-9-23-37(35)49(38)31-17-5-2-6-18-31/h1-27H. The van der Waals surface area contributed by atoms with E-state index in [1.807, 2.05) is 47.7 Å². The van der Waals surface area contributed by atoms with Gasteiger partial charge in [0.15, 0.2) is 11.4 Å². The lowest BCUT2D eigenvalue weighted by atomic mass is 10.00. The van der Waals surface area contributed by atoms with Crippen LogP contribution < -0.4 is 0 Å². The number of hydrogen-bond acceptors (Lipinski definition) is 4. The minimum atomic E-state index is 0.675. The van der Waals surface area contributed by atoms with Crippen LogP contribution in [-0.4, -0.2) is 14.5 Å². The minimum Gasteiger partial charge on any atom is -0.452 e. The van der Waals surface area contributed by atoms with Gasteiger partial charge in [0, 0.05) is 53.1 Å². The van der Waals surface area contributed by atoms with Crippen LogP contribution in [0.25, 0.3) is 104 Å². The molecule has 0 unspecified atom stereocenters. The highest BCUT2D eigenvalue weighted by molar-refractivity contribution is 7.27. The number of hydrogen-bond donors (Lipinski definition) is 0. The monoisotopic (exact) mass is 669 g/mol. The summed E-state index contributed by atoms with van der Waals surface area (Å²) in [6.45, 7) is 0. The summed E-state index contributed by atoms with van der Waals surface area (Å²) in [6.07, 6.45) is 0. The van der Waals surface area contributed by atoms with Crippen molar-refractivity contribution in [1.29, 1.82) is 0 Å². The number of para-hydroxylation sites is 3. The summed E-state index contributed by atoms with van der Waals surface area (Å²) in [7, 11) is 0. The average Bonchev–Trinajstić information content (AvgIpc) is 3.88. The van der Waals surface area contributed by atoms with Crippen molar-refractivity contribution in [2.45, 2.75) is 0 Å². The van der Waals surface area contributed by atoms with Gasteiger partial charge in [-0.1, -0.05) is 121 Å². The van der Waals surface area contributed by atoms with Gasteiger partial charge >= 0.3 is 0 Å². The first-order valence-electron chi connectivity index (χ1n) is 17.1. The SMILES string of the molecule is c1ccc(-c2nc(-c3cccc(-c4cccc5c4sc4c5ccc5c4c4ccccc4n5-c4ccccc4)c3)nc3c2oc2ccccc23)cc1. The summed E-state index contributed by atoms with van der Waals surface area (Å²) >= 11 is 1.88. The van der Waals surface area contributed by atoms with E-state index in [0.29, 0.717) is 11.4 Å². The highest BCUT2D eigenvalue weighted by Gasteiger charge is 2.20. The van der Waals surface area contributed by atoms with E-state index < -0.39 is 0 Å². The molecule has 0 spiro atoms. The van der Waals surface area contributed by atoms with Crippen molar-refractivity contribution in [1.82, 2.24) is 14.5 Å². The fraction of sp³-hybridized carbons (Fsp3) is 0. The van der Waals surface area contributed by atoms with Crippen LogP contribution in [0, 0.1) is 0 Å². The summed E-state index contributed by atoms with van der Waals surface area (Å²) < 4.78 is 11.3. The molecule has 0 fully saturated rings. The third-order valence-electron chi connectivity index (χ3n) is 10.0. The number of benzene rings is 7. The Balaban J connectivity index is 1.12. The number of aromatic nitrogens is 3. The Hall–Kier alpha value is -6.56. The highest BCUT2D eigenvalue weighted by atomic mass is 32.1. The number of nitrogens with zero attached hydrogens (tertiary/aromatic N) is 3. The number of rotatable bonds is 4. The summed E-state index contributed by atoms with van der Waals surface area (Å²) in [4.78, 5) is 10.3. The number of furan rings is 1. The zero-order valence-corrected chi connectivity index (χ0v) is 28.1. The Morgan fingerprint density at radius 3 is 2.06 bits per heavy atom. The second-order valence-electron chi connectivity index (χ2n) is 12.9. The van der Waals surface area contributed by atoms with Gasteiger partial charge in [0.2, 0.25) is 0 Å². The first-order valence-corrected chi connectivity index (χ1v) is 17.9. The van der Waals surface area contributed by atoms with Crippen molar-refractivity contribution in [2.75, 3.05) is 0 Å². The van der Waals surface area contributed by atoms with Gasteiger partial charge in [-0.2, -0.15) is 0 Å². The smallest absolute Gasteiger partial charge is 0.180 e. The average molecular weight is 670 g/mol. The maximum atomic E-state index is 6.36. The van der Waals surface area contributed by atoms with Gasteiger partial charge in [0.25, 0.3) is 0 Å². The van der Waals surface area contributed by atoms with Gasteiger partial charge < -0.3 is 8.98 Å². The van der Waals surface area contributed by atoms with Crippen molar-refractivity contribution in [3.05, 3.63) is 164 Å². The first kappa shape index (κ1) is 28.3. The third kappa shape index (κ3) is 4.25. The summed E-state index contributed by atoms with van der Waals surface area (Å²) in [5.41, 5.74) is 11.0. The Labute approximate surface area is 296 Å². The Morgan fingerprint density at radius 2 is 1.18 bits per heavy atom. The predicted molar refractivity (Wildman–Crippen MR) is 213 cm³/mol. The molecule has 0 atom stereocenters. The normalized spacial score (nSPS) is 11.9. The van der Waals surface area contributed by atoms with Gasteiger partial charge in [0.05, 0.1) is 11.0 Å². The fourth-order valence-electron chi connectivity index (χ4n) is 7.73. The van der Waals surface area contributed by atoms with E-state index in [9.17, 15) is 0 Å². The molecule has 11 aromatic rings. The fourth-order valence-corrected chi connectivity index (χ4v) is 9.12. The topological polar surface area (TPSA) is 43.9 Å². The van der Waals surface area contributed by atoms with Crippen LogP contribution in [0.15, 0.2) is 168 Å². The molecule has 5 heteroatoms. The molecule has 0 bridgehead atoms. The van der Waals surface area contributed by atoms with E-state index in [1.165, 1.54) is 53.2 Å². The molecular weight excluding hydrogens is 643 g/mol. The summed E-state index contributed by atoms with van der Waals surface area (Å²) in [5, 5.41) is 6.11. The van der Waals surface area contributed by atoms with Crippen LogP contribution in [0.5, 0.6) is 0 Å². The third-order valence-corrected chi connectivity index (χ3v) is 11.3. The zero-order chi connectivity index (χ0) is 33.5. The molecule has 238 valence electrons. The quantitative estimate of drug-likeness (QED) is 0.187. The lowest BCUT2D eigenvalue weighted by Crippen LogP contribution is -1.94. The van der Waals surface area contributed by atoms with Crippen molar-refractivity contribution in [3.63, 3.8) is 0 Å². The molecule has 0 radical (unpaired) electrons. The molecular formula is C46H27N3OS. The molecule has 0 aliphatic carbocycles. The van der Waals surface area contributed by atoms with E-state index in [-0.39, 0.29) is 0 Å². The highest BCUT2D eigenvalue weighted by Crippen LogP contribution is 2.46. The van der Waals surface area contributed by atoms with Crippen LogP contribution in [0.3, 0.4) is 0 Å². The molecule has 0 aliphatic rings. The molecule has 51 heavy (non-hydrogen) atoms. The van der Waals surface area contributed by atoms with Crippen molar-refractivity contribution in [2.24, 2.45) is 0 Å². The molecule has 0 amide bonds. The molecule has 7 aromatic carbocycles. The number of fused-ring (bicyclic) bond motifs is 10. The lowest BCUT2D eigenvalue weighted by molar-refractivity contribution is 0.667. The van der Waals surface area contributed by atoms with E-state index in [2.05, 4.69) is 132 Å². The zero-order valence-electron chi connectivity index (χ0n) is 27.2. The molecule has 4 nitrogen and oxygen atoms in total. The summed E-state index contributed by atoms with van der Waals surface area (Å²) in [6, 6.07) is 57.7. The van der Waals surface area contributed by atoms with Crippen LogP contribution in [0.4, 0.5) is 0 Å². The maximum Gasteiger partial charge on any atom is 0.180 e. The Bertz CT molecular complexity index is 3140. The molecule has 0 saturated heterocycles. The van der Waals surface area contributed by atoms with Gasteiger partial charge in [0.1, 0.15) is 16.8 Å². The van der Waals surface area contributed by atoms with Crippen molar-refractivity contribution >= 4 is 75.4 Å². The molecule has 0 saturated carbocycles. The number of thiophene rings is 1. The summed E-state index contributed by atoms with van der Waals surface area (Å²) in [5.74, 6) is 0.675. The van der Waals surface area contributed by atoms with Crippen LogP contribution in [0.2, 0.25) is 0 Å². The molecule has 0 N–H and O–H groups in total. The van der Waals surface area contributed by atoms with Crippen LogP contribution in [-0.2, 0) is 0 Å². The van der Waals surface area contributed by atoms with E-state index in [1.54, 1.807) is 0 Å². The largest absolute Gasteiger partial charge is 0.452 e. The van der Waals surface area contributed by atoms with Crippen molar-refractivity contribution < 1.29 is 4.42 Å². The van der Waals surface area contributed by atoms with Gasteiger partial charge in [-0.3, -0.25) is 0 Å². The van der Waals surface area contributed by atoms with Crippen LogP contribution in [0.1, 0.15) is 0 Å². The lowest BCUT2D eigenvalue weighted by Gasteiger charge is -2.09. The second-order valence-corrected chi connectivity index (χ2v) is 13.9. The molecule has 4 aromatic heterocycles. The van der Waals surface area contributed by atoms with Gasteiger partial charge in [-0.25, -0.2) is 9.97 Å². The molecule has 4 heterocycles. The predicted octanol–water partition coefficient (Wildman–Crippen LogP) is 12.8. The van der Waals surface area contributed by atoms with E-state index in [4.69, 9.17) is 14.4 Å². The first-order chi connectivity index (χ1) is 25.3. The van der Waals surface area contributed by atoms with E-state index >= 15 is 0 Å². The molecule has 0 aliphatic heterocycles. The van der Waals surface area contributed by atoms with E-state index in [0.717, 1.165) is 38.9 Å². The Morgan fingerprint density at radius 1 is 0.490 bits per heavy atom. The molecule has 11 rings (SSSR count). The van der Waals surface area contributed by atoms with Gasteiger partial charge in [-0.05, 0) is 53.6 Å². The second kappa shape index (κ2) is 11.0. The van der Waals surface area contributed by atoms with Crippen LogP contribution >= 0.6 is 11.3 Å². The Kier molecular flexibility index (Phi) is 6.09. The minimum absolute atomic E-state index is 0.675. The van der Waals surface area contributed by atoms with Crippen molar-refractivity contribution in [3.8, 4) is 39.5 Å². The maximum absolute atomic E-state index is 6.36.